The molecule has 2 heterocycles. The third-order valence-electron chi connectivity index (χ3n) is 6.33. The van der Waals surface area contributed by atoms with Crippen molar-refractivity contribution in [1.29, 1.82) is 0 Å². The lowest BCUT2D eigenvalue weighted by molar-refractivity contribution is -0.147. The number of hydrogen-bond acceptors (Lipinski definition) is 6. The summed E-state index contributed by atoms with van der Waals surface area (Å²) < 4.78 is 35.3. The van der Waals surface area contributed by atoms with Crippen LogP contribution in [0.3, 0.4) is 0 Å². The molecule has 1 atom stereocenters. The molecule has 2 aromatic carbocycles. The Hall–Kier alpha value is -3.57. The molecule has 0 bridgehead atoms. The zero-order chi connectivity index (χ0) is 26.7. The lowest BCUT2D eigenvalue weighted by atomic mass is 10.0. The van der Waals surface area contributed by atoms with E-state index in [1.165, 1.54) is 17.0 Å². The summed E-state index contributed by atoms with van der Waals surface area (Å²) in [7, 11) is 3.73. The Kier molecular flexibility index (Phi) is 9.05. The third kappa shape index (κ3) is 6.28. The van der Waals surface area contributed by atoms with E-state index in [4.69, 9.17) is 4.74 Å². The molecule has 2 N–H and O–H groups in total. The van der Waals surface area contributed by atoms with Crippen LogP contribution in [0.25, 0.3) is 0 Å². The molecule has 2 aromatic rings. The van der Waals surface area contributed by atoms with E-state index < -0.39 is 29.3 Å². The van der Waals surface area contributed by atoms with Gasteiger partial charge in [0.15, 0.2) is 0 Å². The van der Waals surface area contributed by atoms with Gasteiger partial charge in [-0.25, -0.2) is 0 Å². The van der Waals surface area contributed by atoms with Crippen molar-refractivity contribution >= 4 is 36.0 Å². The smallest absolute Gasteiger partial charge is 0.349 e. The highest BCUT2D eigenvalue weighted by atomic mass is 35.5. The first-order chi connectivity index (χ1) is 17.6. The third-order valence-corrected chi connectivity index (χ3v) is 6.33. The fourth-order valence-corrected chi connectivity index (χ4v) is 4.29. The molecule has 38 heavy (non-hydrogen) atoms. The fourth-order valence-electron chi connectivity index (χ4n) is 4.29. The van der Waals surface area contributed by atoms with Crippen molar-refractivity contribution in [3.8, 4) is 5.75 Å². The molecule has 0 aromatic heterocycles. The predicted octanol–water partition coefficient (Wildman–Crippen LogP) is 2.22. The maximum absolute atomic E-state index is 14.9. The van der Waals surface area contributed by atoms with Gasteiger partial charge in [0.05, 0.1) is 0 Å². The van der Waals surface area contributed by atoms with E-state index in [2.05, 4.69) is 10.6 Å². The summed E-state index contributed by atoms with van der Waals surface area (Å²) in [5.41, 5.74) is 1.07. The van der Waals surface area contributed by atoms with Crippen LogP contribution in [0.2, 0.25) is 0 Å². The maximum atomic E-state index is 14.9. The molecule has 0 saturated carbocycles. The average molecular weight is 551 g/mol. The molecule has 0 radical (unpaired) electrons. The van der Waals surface area contributed by atoms with Crippen molar-refractivity contribution in [3.63, 3.8) is 0 Å². The van der Waals surface area contributed by atoms with Crippen LogP contribution in [0.5, 0.6) is 5.75 Å². The van der Waals surface area contributed by atoms with Crippen LogP contribution >= 0.6 is 12.4 Å². The second kappa shape index (κ2) is 11.9. The Balaban J connectivity index is 0.00000400. The van der Waals surface area contributed by atoms with E-state index in [0.717, 1.165) is 6.07 Å². The van der Waals surface area contributed by atoms with Gasteiger partial charge in [-0.3, -0.25) is 24.5 Å². The van der Waals surface area contributed by atoms with Crippen LogP contribution in [-0.2, 0) is 33.4 Å². The van der Waals surface area contributed by atoms with Crippen LogP contribution in [-0.4, -0.2) is 66.7 Å². The minimum Gasteiger partial charge on any atom is -0.492 e. The number of alkyl halides is 2. The predicted molar refractivity (Wildman–Crippen MR) is 136 cm³/mol. The molecule has 1 unspecified atom stereocenters. The van der Waals surface area contributed by atoms with Gasteiger partial charge in [0, 0.05) is 37.2 Å². The van der Waals surface area contributed by atoms with E-state index in [1.54, 1.807) is 24.3 Å². The monoisotopic (exact) mass is 550 g/mol. The van der Waals surface area contributed by atoms with Crippen molar-refractivity contribution in [3.05, 3.63) is 64.7 Å². The van der Waals surface area contributed by atoms with Gasteiger partial charge < -0.3 is 19.9 Å². The number of imide groups is 1. The largest absolute Gasteiger partial charge is 0.492 e. The summed E-state index contributed by atoms with van der Waals surface area (Å²) in [6.45, 7) is 0.904. The van der Waals surface area contributed by atoms with E-state index in [1.807, 2.05) is 19.0 Å². The number of ether oxygens (including phenoxy) is 1. The van der Waals surface area contributed by atoms with Crippen molar-refractivity contribution in [2.24, 2.45) is 0 Å². The number of likely N-dealkylation sites (N-methyl/N-ethyl adjacent to an activating group) is 1. The molecule has 4 rings (SSSR count). The van der Waals surface area contributed by atoms with Crippen LogP contribution in [0, 0.1) is 0 Å². The van der Waals surface area contributed by atoms with Crippen LogP contribution in [0.1, 0.15) is 39.9 Å². The van der Waals surface area contributed by atoms with Gasteiger partial charge in [0.1, 0.15) is 18.4 Å². The van der Waals surface area contributed by atoms with E-state index >= 15 is 0 Å². The molecule has 1 fully saturated rings. The lowest BCUT2D eigenvalue weighted by Crippen LogP contribution is -2.52. The first kappa shape index (κ1) is 29.0. The highest BCUT2D eigenvalue weighted by Crippen LogP contribution is 2.31. The summed E-state index contributed by atoms with van der Waals surface area (Å²) in [6.07, 6.45) is 0.386. The number of carbonyl (C=O) groups excluding carboxylic acids is 4. The lowest BCUT2D eigenvalue weighted by Gasteiger charge is -2.29. The van der Waals surface area contributed by atoms with Crippen LogP contribution < -0.4 is 15.4 Å². The van der Waals surface area contributed by atoms with Gasteiger partial charge >= 0.3 is 5.92 Å². The number of rotatable bonds is 9. The summed E-state index contributed by atoms with van der Waals surface area (Å²) >= 11 is 0. The Morgan fingerprint density at radius 1 is 1.18 bits per heavy atom. The summed E-state index contributed by atoms with van der Waals surface area (Å²) in [6, 6.07) is 9.31. The van der Waals surface area contributed by atoms with Crippen molar-refractivity contribution in [1.82, 2.24) is 20.4 Å². The fraction of sp³-hybridized carbons (Fsp3) is 0.385. The molecule has 0 aliphatic carbocycles. The molecule has 1 saturated heterocycles. The van der Waals surface area contributed by atoms with Gasteiger partial charge in [0.25, 0.3) is 11.8 Å². The number of benzene rings is 2. The molecular weight excluding hydrogens is 522 g/mol. The second-order valence-electron chi connectivity index (χ2n) is 9.33. The first-order valence-corrected chi connectivity index (χ1v) is 11.9. The minimum absolute atomic E-state index is 0. The Labute approximate surface area is 224 Å². The SMILES string of the molecule is CN(C)CCOc1cccc(C(F)(F)C(=O)NCc2ccc3c(c2)CN(C2CCC(=O)NC2=O)C3=O)c1.Cl. The zero-order valence-corrected chi connectivity index (χ0v) is 21.8. The standard InChI is InChI=1S/C26H28F2N4O5.ClH/c1-31(2)10-11-37-19-5-3-4-18(13-19)26(27,28)25(36)29-14-16-6-7-20-17(12-16)15-32(24(20)35)21-8-9-22(33)30-23(21)34;/h3-7,12-13,21H,8-11,14-15H2,1-2H3,(H,29,36)(H,30,33,34);1H. The number of piperidine rings is 1. The quantitative estimate of drug-likeness (QED) is 0.464. The van der Waals surface area contributed by atoms with Crippen molar-refractivity contribution in [2.45, 2.75) is 37.9 Å². The average Bonchev–Trinajstić information content (AvgIpc) is 3.17. The zero-order valence-electron chi connectivity index (χ0n) is 21.0. The number of fused-ring (bicyclic) bond motifs is 1. The Morgan fingerprint density at radius 2 is 1.95 bits per heavy atom. The second-order valence-corrected chi connectivity index (χ2v) is 9.33. The normalized spacial score (nSPS) is 17.1. The number of nitrogens with one attached hydrogen (secondary N) is 2. The Morgan fingerprint density at radius 3 is 2.66 bits per heavy atom. The van der Waals surface area contributed by atoms with Crippen molar-refractivity contribution < 1.29 is 32.7 Å². The molecule has 2 aliphatic heterocycles. The summed E-state index contributed by atoms with van der Waals surface area (Å²) in [5, 5.41) is 4.51. The number of nitrogens with zero attached hydrogens (tertiary/aromatic N) is 2. The van der Waals surface area contributed by atoms with Gasteiger partial charge in [-0.15, -0.1) is 12.4 Å². The molecule has 204 valence electrons. The number of carbonyl (C=O) groups is 4. The highest BCUT2D eigenvalue weighted by molar-refractivity contribution is 6.05. The molecule has 0 spiro atoms. The maximum Gasteiger partial charge on any atom is 0.349 e. The molecule has 4 amide bonds. The van der Waals surface area contributed by atoms with E-state index in [0.29, 0.717) is 29.8 Å². The number of hydrogen-bond donors (Lipinski definition) is 2. The number of amides is 4. The Bertz CT molecular complexity index is 1240. The first-order valence-electron chi connectivity index (χ1n) is 11.9. The van der Waals surface area contributed by atoms with Gasteiger partial charge in [-0.2, -0.15) is 8.78 Å². The molecule has 12 heteroatoms. The van der Waals surface area contributed by atoms with E-state index in [-0.39, 0.29) is 55.9 Å². The van der Waals surface area contributed by atoms with Gasteiger partial charge in [-0.1, -0.05) is 24.3 Å². The topological polar surface area (TPSA) is 108 Å². The molecule has 9 nitrogen and oxygen atoms in total. The van der Waals surface area contributed by atoms with Gasteiger partial charge in [-0.05, 0) is 49.8 Å². The number of halogens is 3. The van der Waals surface area contributed by atoms with Crippen LogP contribution in [0.4, 0.5) is 8.78 Å². The highest BCUT2D eigenvalue weighted by Gasteiger charge is 2.41. The van der Waals surface area contributed by atoms with E-state index in [9.17, 15) is 28.0 Å². The van der Waals surface area contributed by atoms with Gasteiger partial charge in [0.2, 0.25) is 11.8 Å². The van der Waals surface area contributed by atoms with Crippen LogP contribution in [0.15, 0.2) is 42.5 Å². The molecule has 2 aliphatic rings. The minimum atomic E-state index is -3.78. The summed E-state index contributed by atoms with van der Waals surface area (Å²) in [4.78, 5) is 52.1. The summed E-state index contributed by atoms with van der Waals surface area (Å²) in [5.74, 6) is -6.21. The molecular formula is C26H29ClF2N4O5. The van der Waals surface area contributed by atoms with Crippen molar-refractivity contribution in [2.75, 3.05) is 27.2 Å².